The molecule has 1 unspecified atom stereocenters. The quantitative estimate of drug-likeness (QED) is 0.432. The van der Waals surface area contributed by atoms with Crippen LogP contribution in [-0.4, -0.2) is 86.7 Å². The van der Waals surface area contributed by atoms with E-state index in [0.29, 0.717) is 49.9 Å². The molecule has 1 saturated carbocycles. The summed E-state index contributed by atoms with van der Waals surface area (Å²) in [6, 6.07) is 11.9. The second kappa shape index (κ2) is 12.7. The predicted octanol–water partition coefficient (Wildman–Crippen LogP) is 5.31. The Morgan fingerprint density at radius 3 is 2.67 bits per heavy atom. The monoisotopic (exact) mass is 711 g/mol. The van der Waals surface area contributed by atoms with Gasteiger partial charge in [0, 0.05) is 48.2 Å². The van der Waals surface area contributed by atoms with Crippen molar-refractivity contribution in [1.29, 1.82) is 0 Å². The number of halogens is 1. The molecule has 11 heteroatoms. The van der Waals surface area contributed by atoms with Crippen LogP contribution in [0.5, 0.6) is 5.75 Å². The van der Waals surface area contributed by atoms with E-state index in [-0.39, 0.29) is 29.3 Å². The second-order valence-electron chi connectivity index (χ2n) is 16.2. The number of rotatable bonds is 2. The predicted molar refractivity (Wildman–Crippen MR) is 190 cm³/mol. The third-order valence-electron chi connectivity index (χ3n) is 13.1. The van der Waals surface area contributed by atoms with E-state index in [1.165, 1.54) is 11.1 Å². The molecule has 2 aliphatic carbocycles. The molecule has 6 aliphatic rings. The van der Waals surface area contributed by atoms with E-state index < -0.39 is 26.8 Å². The molecule has 4 heterocycles. The van der Waals surface area contributed by atoms with E-state index >= 15 is 0 Å². The number of hydrogen-bond donors (Lipinski definition) is 2. The molecule has 49 heavy (non-hydrogen) atoms. The number of hydrogen-bond acceptors (Lipinski definition) is 8. The maximum Gasteiger partial charge on any atom is 0.264 e. The molecule has 2 saturated heterocycles. The van der Waals surface area contributed by atoms with Crippen molar-refractivity contribution in [3.63, 3.8) is 0 Å². The first kappa shape index (κ1) is 33.8. The molecule has 3 fully saturated rings. The van der Waals surface area contributed by atoms with E-state index in [0.717, 1.165) is 75.4 Å². The van der Waals surface area contributed by atoms with Gasteiger partial charge in [-0.05, 0) is 118 Å². The SMILES string of the molecule is C[C@@H]1[C@@H](C)CCCC(O)(CN2C[C@H]3C[C@@H]2CO3)[C@@H]2CC[C@H]2CN2C[C@@]3(CCCc4cc(Cl)ccc43)COc3ccc(cc32)C(=O)NS1(=O)=O. The third-order valence-corrected chi connectivity index (χ3v) is 15.3. The summed E-state index contributed by atoms with van der Waals surface area (Å²) in [6.45, 7) is 7.75. The number of ether oxygens (including phenoxy) is 2. The zero-order valence-electron chi connectivity index (χ0n) is 28.7. The van der Waals surface area contributed by atoms with Crippen molar-refractivity contribution < 1.29 is 27.8 Å². The van der Waals surface area contributed by atoms with Gasteiger partial charge in [-0.15, -0.1) is 0 Å². The number of nitrogens with zero attached hydrogens (tertiary/aromatic N) is 2. The van der Waals surface area contributed by atoms with Crippen molar-refractivity contribution in [3.05, 3.63) is 58.1 Å². The standard InChI is InChI=1S/C38H50ClN3O6S/c1-24-5-3-14-38(44,22-41-19-31-17-30(41)20-47-31)33-10-7-28(33)18-42-21-37(13-4-6-26-15-29(39)9-11-32(26)37)23-48-35-12-8-27(16-34(35)42)36(43)40-49(45,46)25(24)2/h8-9,11-12,15-16,24-25,28,30-31,33,44H,3-7,10,13-14,17-23H2,1-2H3,(H,40,43)/t24-,25+,28-,30+,31+,33+,37-,38?/m0/s1. The lowest BCUT2D eigenvalue weighted by Crippen LogP contribution is -2.58. The molecule has 2 aromatic rings. The smallest absolute Gasteiger partial charge is 0.264 e. The summed E-state index contributed by atoms with van der Waals surface area (Å²) in [5.41, 5.74) is 2.46. The first-order chi connectivity index (χ1) is 23.4. The number of aryl methyl sites for hydroxylation is 1. The van der Waals surface area contributed by atoms with Crippen LogP contribution in [0.3, 0.4) is 0 Å². The molecular formula is C38H50ClN3O6S. The van der Waals surface area contributed by atoms with Gasteiger partial charge in [-0.1, -0.05) is 31.0 Å². The van der Waals surface area contributed by atoms with Crippen LogP contribution in [0, 0.1) is 17.8 Å². The highest BCUT2D eigenvalue weighted by Gasteiger charge is 2.51. The van der Waals surface area contributed by atoms with Gasteiger partial charge in [0.05, 0.1) is 35.9 Å². The van der Waals surface area contributed by atoms with Gasteiger partial charge in [0.1, 0.15) is 5.75 Å². The number of sulfonamides is 1. The summed E-state index contributed by atoms with van der Waals surface area (Å²) in [5, 5.41) is 12.7. The summed E-state index contributed by atoms with van der Waals surface area (Å²) in [4.78, 5) is 18.4. The highest BCUT2D eigenvalue weighted by Crippen LogP contribution is 2.49. The fraction of sp³-hybridized carbons (Fsp3) is 0.658. The van der Waals surface area contributed by atoms with Gasteiger partial charge >= 0.3 is 0 Å². The molecule has 4 aliphatic heterocycles. The summed E-state index contributed by atoms with van der Waals surface area (Å²) in [5.74, 6) is 0.269. The molecule has 9 nitrogen and oxygen atoms in total. The highest BCUT2D eigenvalue weighted by atomic mass is 35.5. The van der Waals surface area contributed by atoms with Gasteiger partial charge < -0.3 is 19.5 Å². The number of anilines is 1. The van der Waals surface area contributed by atoms with Crippen LogP contribution in [0.15, 0.2) is 36.4 Å². The first-order valence-electron chi connectivity index (χ1n) is 18.4. The first-order valence-corrected chi connectivity index (χ1v) is 20.3. The van der Waals surface area contributed by atoms with Crippen molar-refractivity contribution in [2.75, 3.05) is 44.3 Å². The van der Waals surface area contributed by atoms with Crippen molar-refractivity contribution in [3.8, 4) is 5.75 Å². The van der Waals surface area contributed by atoms with Gasteiger partial charge in [0.15, 0.2) is 0 Å². The Balaban J connectivity index is 1.18. The Hall–Kier alpha value is -2.37. The Bertz CT molecular complexity index is 1720. The fourth-order valence-corrected chi connectivity index (χ4v) is 11.5. The molecule has 1 spiro atoms. The lowest BCUT2D eigenvalue weighted by atomic mass is 9.62. The lowest BCUT2D eigenvalue weighted by molar-refractivity contribution is -0.115. The molecule has 0 radical (unpaired) electrons. The number of benzene rings is 2. The van der Waals surface area contributed by atoms with Crippen molar-refractivity contribution >= 4 is 33.2 Å². The summed E-state index contributed by atoms with van der Waals surface area (Å²) in [7, 11) is -3.94. The number of morpholine rings is 1. The van der Waals surface area contributed by atoms with Crippen LogP contribution in [-0.2, 0) is 26.6 Å². The third kappa shape index (κ3) is 6.17. The fourth-order valence-electron chi connectivity index (χ4n) is 9.99. The van der Waals surface area contributed by atoms with Crippen LogP contribution in [0.1, 0.15) is 86.7 Å². The molecule has 0 aromatic heterocycles. The van der Waals surface area contributed by atoms with Crippen LogP contribution >= 0.6 is 11.6 Å². The normalized spacial score (nSPS) is 37.4. The van der Waals surface area contributed by atoms with Crippen LogP contribution in [0.25, 0.3) is 0 Å². The number of nitrogens with one attached hydrogen (secondary N) is 1. The lowest BCUT2D eigenvalue weighted by Gasteiger charge is -2.51. The topological polar surface area (TPSA) is 108 Å². The molecule has 4 bridgehead atoms. The summed E-state index contributed by atoms with van der Waals surface area (Å²) >= 11 is 6.47. The van der Waals surface area contributed by atoms with Gasteiger partial charge in [-0.2, -0.15) is 0 Å². The minimum atomic E-state index is -3.94. The van der Waals surface area contributed by atoms with Crippen molar-refractivity contribution in [2.45, 2.75) is 100 Å². The van der Waals surface area contributed by atoms with Crippen molar-refractivity contribution in [1.82, 2.24) is 9.62 Å². The van der Waals surface area contributed by atoms with Gasteiger partial charge in [-0.25, -0.2) is 13.1 Å². The number of β-amino-alcohol motifs (C(OH)–C–C–N with tert-alkyl or cyclic N) is 1. The zero-order chi connectivity index (χ0) is 34.1. The summed E-state index contributed by atoms with van der Waals surface area (Å²) in [6.07, 6.45) is 8.23. The molecule has 2 N–H and O–H groups in total. The van der Waals surface area contributed by atoms with E-state index in [4.69, 9.17) is 21.1 Å². The Labute approximate surface area is 295 Å². The number of aliphatic hydroxyl groups is 1. The van der Waals surface area contributed by atoms with Gasteiger partial charge in [-0.3, -0.25) is 9.69 Å². The Morgan fingerprint density at radius 2 is 1.92 bits per heavy atom. The maximum absolute atomic E-state index is 13.6. The number of carbonyl (C=O) groups is 1. The maximum atomic E-state index is 13.6. The molecule has 8 atom stereocenters. The largest absolute Gasteiger partial charge is 0.490 e. The summed E-state index contributed by atoms with van der Waals surface area (Å²) < 4.78 is 41.9. The van der Waals surface area contributed by atoms with E-state index in [9.17, 15) is 18.3 Å². The van der Waals surface area contributed by atoms with Crippen LogP contribution < -0.4 is 14.4 Å². The van der Waals surface area contributed by atoms with Crippen molar-refractivity contribution in [2.24, 2.45) is 17.8 Å². The average Bonchev–Trinajstić information content (AvgIpc) is 3.63. The van der Waals surface area contributed by atoms with E-state index in [2.05, 4.69) is 26.7 Å². The molecule has 8 rings (SSSR count). The Morgan fingerprint density at radius 1 is 1.06 bits per heavy atom. The minimum Gasteiger partial charge on any atom is -0.490 e. The number of amides is 1. The molecule has 266 valence electrons. The molecular weight excluding hydrogens is 662 g/mol. The highest BCUT2D eigenvalue weighted by molar-refractivity contribution is 7.90. The number of likely N-dealkylation sites (tertiary alicyclic amines) is 1. The molecule has 1 amide bonds. The minimum absolute atomic E-state index is 0.115. The zero-order valence-corrected chi connectivity index (χ0v) is 30.3. The van der Waals surface area contributed by atoms with Gasteiger partial charge in [0.25, 0.3) is 5.91 Å². The van der Waals surface area contributed by atoms with Gasteiger partial charge in [0.2, 0.25) is 10.0 Å². The molecule has 2 aromatic carbocycles. The number of carbonyl (C=O) groups excluding carboxylic acids is 1. The van der Waals surface area contributed by atoms with Crippen LogP contribution in [0.4, 0.5) is 5.69 Å². The van der Waals surface area contributed by atoms with Crippen LogP contribution in [0.2, 0.25) is 5.02 Å². The number of fused-ring (bicyclic) bond motifs is 6. The van der Waals surface area contributed by atoms with E-state index in [1.807, 2.05) is 25.1 Å². The average molecular weight is 712 g/mol. The second-order valence-corrected chi connectivity index (χ2v) is 18.6. The Kier molecular flexibility index (Phi) is 8.74. The van der Waals surface area contributed by atoms with E-state index in [1.54, 1.807) is 13.0 Å².